The quantitative estimate of drug-likeness (QED) is 0.644. The van der Waals surface area contributed by atoms with E-state index in [-0.39, 0.29) is 18.4 Å². The summed E-state index contributed by atoms with van der Waals surface area (Å²) in [6, 6.07) is 15.9. The molecule has 1 aromatic heterocycles. The van der Waals surface area contributed by atoms with Crippen molar-refractivity contribution >= 4 is 28.4 Å². The zero-order valence-corrected chi connectivity index (χ0v) is 16.7. The fraction of sp³-hybridized carbons (Fsp3) is 0.304. The van der Waals surface area contributed by atoms with Crippen LogP contribution in [0.4, 0.5) is 5.69 Å². The minimum Gasteiger partial charge on any atom is -0.361 e. The van der Waals surface area contributed by atoms with Crippen LogP contribution >= 0.6 is 0 Å². The normalized spacial score (nSPS) is 11.0. The van der Waals surface area contributed by atoms with Crippen LogP contribution in [-0.4, -0.2) is 34.8 Å². The zero-order valence-electron chi connectivity index (χ0n) is 16.7. The third kappa shape index (κ3) is 4.80. The standard InChI is InChI=1S/C23H27N3O2/c1-16(2)18-8-10-20(11-9-18)25-23(28)15-26(17(3)27)13-12-19-14-24-22-7-5-4-6-21(19)22/h4-11,14,16,24H,12-13,15H2,1-3H3,(H,25,28). The van der Waals surface area contributed by atoms with E-state index in [2.05, 4.69) is 30.2 Å². The molecule has 28 heavy (non-hydrogen) atoms. The lowest BCUT2D eigenvalue weighted by atomic mass is 10.0. The van der Waals surface area contributed by atoms with Crippen molar-refractivity contribution in [3.8, 4) is 0 Å². The number of nitrogens with zero attached hydrogens (tertiary/aromatic N) is 1. The minimum absolute atomic E-state index is 0.0453. The maximum absolute atomic E-state index is 12.4. The molecule has 5 heteroatoms. The summed E-state index contributed by atoms with van der Waals surface area (Å²) in [6.07, 6.45) is 2.67. The van der Waals surface area contributed by atoms with Crippen molar-refractivity contribution in [1.82, 2.24) is 9.88 Å². The number of benzene rings is 2. The average Bonchev–Trinajstić information content (AvgIpc) is 3.08. The lowest BCUT2D eigenvalue weighted by Crippen LogP contribution is -2.37. The van der Waals surface area contributed by atoms with Crippen molar-refractivity contribution < 1.29 is 9.59 Å². The van der Waals surface area contributed by atoms with Crippen LogP contribution in [0.25, 0.3) is 10.9 Å². The van der Waals surface area contributed by atoms with Gasteiger partial charge in [0.25, 0.3) is 0 Å². The van der Waals surface area contributed by atoms with Crippen LogP contribution in [0.2, 0.25) is 0 Å². The van der Waals surface area contributed by atoms with Crippen LogP contribution in [0, 0.1) is 0 Å². The van der Waals surface area contributed by atoms with Crippen molar-refractivity contribution in [1.29, 1.82) is 0 Å². The molecule has 0 aliphatic rings. The van der Waals surface area contributed by atoms with E-state index in [0.29, 0.717) is 18.9 Å². The molecule has 0 spiro atoms. The SMILES string of the molecule is CC(=O)N(CCc1c[nH]c2ccccc12)CC(=O)Nc1ccc(C(C)C)cc1. The molecule has 0 radical (unpaired) electrons. The van der Waals surface area contributed by atoms with Crippen molar-refractivity contribution in [2.75, 3.05) is 18.4 Å². The van der Waals surface area contributed by atoms with E-state index in [0.717, 1.165) is 22.2 Å². The van der Waals surface area contributed by atoms with Gasteiger partial charge in [-0.25, -0.2) is 0 Å². The van der Waals surface area contributed by atoms with Gasteiger partial charge in [-0.1, -0.05) is 44.2 Å². The summed E-state index contributed by atoms with van der Waals surface area (Å²) in [6.45, 7) is 6.30. The average molecular weight is 377 g/mol. The largest absolute Gasteiger partial charge is 0.361 e. The molecular weight excluding hydrogens is 350 g/mol. The molecule has 0 atom stereocenters. The topological polar surface area (TPSA) is 65.2 Å². The molecule has 2 amide bonds. The smallest absolute Gasteiger partial charge is 0.243 e. The zero-order chi connectivity index (χ0) is 20.1. The summed E-state index contributed by atoms with van der Waals surface area (Å²) < 4.78 is 0. The molecule has 3 rings (SSSR count). The van der Waals surface area contributed by atoms with Gasteiger partial charge in [0.15, 0.2) is 0 Å². The number of hydrogen-bond donors (Lipinski definition) is 2. The first-order valence-corrected chi connectivity index (χ1v) is 9.64. The summed E-state index contributed by atoms with van der Waals surface area (Å²) in [5, 5.41) is 4.03. The second kappa shape index (κ2) is 8.74. The molecule has 0 saturated heterocycles. The fourth-order valence-corrected chi connectivity index (χ4v) is 3.27. The summed E-state index contributed by atoms with van der Waals surface area (Å²) in [7, 11) is 0. The summed E-state index contributed by atoms with van der Waals surface area (Å²) in [5.74, 6) is 0.152. The Morgan fingerprint density at radius 2 is 1.79 bits per heavy atom. The number of hydrogen-bond acceptors (Lipinski definition) is 2. The van der Waals surface area contributed by atoms with E-state index >= 15 is 0 Å². The van der Waals surface area contributed by atoms with Crippen LogP contribution in [0.1, 0.15) is 37.8 Å². The van der Waals surface area contributed by atoms with Crippen molar-refractivity contribution in [3.05, 3.63) is 65.9 Å². The highest BCUT2D eigenvalue weighted by molar-refractivity contribution is 5.94. The number of amides is 2. The summed E-state index contributed by atoms with van der Waals surface area (Å²) in [5.41, 5.74) is 4.19. The number of fused-ring (bicyclic) bond motifs is 1. The molecule has 0 aliphatic heterocycles. The van der Waals surface area contributed by atoms with E-state index < -0.39 is 0 Å². The Balaban J connectivity index is 1.59. The van der Waals surface area contributed by atoms with Crippen molar-refractivity contribution in [2.24, 2.45) is 0 Å². The van der Waals surface area contributed by atoms with E-state index in [1.165, 1.54) is 12.5 Å². The molecule has 0 unspecified atom stereocenters. The number of rotatable bonds is 7. The van der Waals surface area contributed by atoms with Crippen LogP contribution in [0.3, 0.4) is 0 Å². The number of carbonyl (C=O) groups is 2. The monoisotopic (exact) mass is 377 g/mol. The summed E-state index contributed by atoms with van der Waals surface area (Å²) >= 11 is 0. The Bertz CT molecular complexity index is 957. The predicted molar refractivity (Wildman–Crippen MR) is 113 cm³/mol. The van der Waals surface area contributed by atoms with E-state index in [9.17, 15) is 9.59 Å². The van der Waals surface area contributed by atoms with Gasteiger partial charge in [-0.3, -0.25) is 9.59 Å². The number of nitrogens with one attached hydrogen (secondary N) is 2. The summed E-state index contributed by atoms with van der Waals surface area (Å²) in [4.78, 5) is 29.2. The third-order valence-electron chi connectivity index (χ3n) is 4.97. The third-order valence-corrected chi connectivity index (χ3v) is 4.97. The molecular formula is C23H27N3O2. The van der Waals surface area contributed by atoms with E-state index in [1.54, 1.807) is 4.90 Å². The van der Waals surface area contributed by atoms with Gasteiger partial charge in [0.05, 0.1) is 6.54 Å². The van der Waals surface area contributed by atoms with E-state index in [1.807, 2.05) is 48.7 Å². The number of aromatic nitrogens is 1. The molecule has 0 fully saturated rings. The Morgan fingerprint density at radius 3 is 2.46 bits per heavy atom. The van der Waals surface area contributed by atoms with Gasteiger partial charge in [-0.05, 0) is 41.7 Å². The van der Waals surface area contributed by atoms with Crippen LogP contribution in [0.15, 0.2) is 54.7 Å². The van der Waals surface area contributed by atoms with Crippen LogP contribution < -0.4 is 5.32 Å². The minimum atomic E-state index is -0.188. The first-order chi connectivity index (χ1) is 13.4. The van der Waals surface area contributed by atoms with Crippen molar-refractivity contribution in [2.45, 2.75) is 33.1 Å². The molecule has 1 heterocycles. The number of anilines is 1. The maximum Gasteiger partial charge on any atom is 0.243 e. The molecule has 0 bridgehead atoms. The fourth-order valence-electron chi connectivity index (χ4n) is 3.27. The lowest BCUT2D eigenvalue weighted by Gasteiger charge is -2.20. The molecule has 146 valence electrons. The van der Waals surface area contributed by atoms with Gasteiger partial charge in [0.2, 0.25) is 11.8 Å². The van der Waals surface area contributed by atoms with Crippen LogP contribution in [0.5, 0.6) is 0 Å². The van der Waals surface area contributed by atoms with Crippen molar-refractivity contribution in [3.63, 3.8) is 0 Å². The predicted octanol–water partition coefficient (Wildman–Crippen LogP) is 4.32. The van der Waals surface area contributed by atoms with Gasteiger partial charge >= 0.3 is 0 Å². The second-order valence-corrected chi connectivity index (χ2v) is 7.37. The number of H-pyrrole nitrogens is 1. The maximum atomic E-state index is 12.4. The molecule has 5 nitrogen and oxygen atoms in total. The Morgan fingerprint density at radius 1 is 1.07 bits per heavy atom. The second-order valence-electron chi connectivity index (χ2n) is 7.37. The highest BCUT2D eigenvalue weighted by Gasteiger charge is 2.15. The van der Waals surface area contributed by atoms with Gasteiger partial charge in [0, 0.05) is 36.3 Å². The Labute approximate surface area is 165 Å². The highest BCUT2D eigenvalue weighted by atomic mass is 16.2. The Kier molecular flexibility index (Phi) is 6.14. The van der Waals surface area contributed by atoms with Gasteiger partial charge < -0.3 is 15.2 Å². The number of para-hydroxylation sites is 1. The van der Waals surface area contributed by atoms with Gasteiger partial charge in [-0.15, -0.1) is 0 Å². The molecule has 2 aromatic carbocycles. The molecule has 0 saturated carbocycles. The van der Waals surface area contributed by atoms with Gasteiger partial charge in [0.1, 0.15) is 0 Å². The number of aromatic amines is 1. The molecule has 2 N–H and O–H groups in total. The highest BCUT2D eigenvalue weighted by Crippen LogP contribution is 2.19. The molecule has 3 aromatic rings. The van der Waals surface area contributed by atoms with Crippen LogP contribution in [-0.2, 0) is 16.0 Å². The number of carbonyl (C=O) groups excluding carboxylic acids is 2. The first-order valence-electron chi connectivity index (χ1n) is 9.64. The lowest BCUT2D eigenvalue weighted by molar-refractivity contribution is -0.132. The first kappa shape index (κ1) is 19.7. The molecule has 0 aliphatic carbocycles. The Hall–Kier alpha value is -3.08. The van der Waals surface area contributed by atoms with Gasteiger partial charge in [-0.2, -0.15) is 0 Å². The van der Waals surface area contributed by atoms with E-state index in [4.69, 9.17) is 0 Å².